The van der Waals surface area contributed by atoms with Gasteiger partial charge in [0.15, 0.2) is 5.78 Å². The molecule has 0 aliphatic carbocycles. The summed E-state index contributed by atoms with van der Waals surface area (Å²) < 4.78 is 65.4. The van der Waals surface area contributed by atoms with E-state index in [2.05, 4.69) is 4.74 Å². The Labute approximate surface area is 243 Å². The predicted molar refractivity (Wildman–Crippen MR) is 146 cm³/mol. The van der Waals surface area contributed by atoms with E-state index < -0.39 is 12.6 Å². The molecule has 0 spiro atoms. The van der Waals surface area contributed by atoms with Crippen molar-refractivity contribution in [3.8, 4) is 5.75 Å². The normalized spacial score (nSPS) is 11.2. The van der Waals surface area contributed by atoms with E-state index in [0.717, 1.165) is 0 Å². The summed E-state index contributed by atoms with van der Waals surface area (Å²) in [5.41, 5.74) is 0.851. The van der Waals surface area contributed by atoms with Gasteiger partial charge in [-0.05, 0) is 24.3 Å². The number of carbonyl (C=O) groups is 2. The molecular weight excluding hydrogens is 562 g/mol. The number of rotatable bonds is 26. The van der Waals surface area contributed by atoms with E-state index in [1.807, 2.05) is 0 Å². The Kier molecular flexibility index (Phi) is 18.9. The molecule has 0 aromatic heterocycles. The summed E-state index contributed by atoms with van der Waals surface area (Å²) in [6, 6.07) is 12.6. The number of carboxylic acids is 1. The smallest absolute Gasteiger partial charge is 0.345 e. The molecule has 234 valence electrons. The monoisotopic (exact) mass is 600 g/mol. The van der Waals surface area contributed by atoms with Crippen LogP contribution in [-0.2, 0) is 33.2 Å². The van der Waals surface area contributed by atoms with Crippen LogP contribution < -0.4 is 4.74 Å². The molecule has 0 radical (unpaired) electrons. The molecule has 2 aromatic rings. The molecule has 0 aliphatic heterocycles. The number of carbonyl (C=O) groups excluding carboxylic acids is 1. The number of carboxylic acid groups (broad SMARTS) is 1. The first-order chi connectivity index (χ1) is 20.5. The van der Waals surface area contributed by atoms with Gasteiger partial charge >= 0.3 is 12.6 Å². The highest BCUT2D eigenvalue weighted by molar-refractivity contribution is 6.11. The molecule has 0 fully saturated rings. The number of alkyl halides is 2. The van der Waals surface area contributed by atoms with Gasteiger partial charge in [-0.25, -0.2) is 4.79 Å². The summed E-state index contributed by atoms with van der Waals surface area (Å²) in [5, 5.41) is 9.02. The van der Waals surface area contributed by atoms with E-state index in [9.17, 15) is 18.4 Å². The molecule has 2 aromatic carbocycles. The number of para-hydroxylation sites is 1. The van der Waals surface area contributed by atoms with Gasteiger partial charge in [0.1, 0.15) is 12.4 Å². The highest BCUT2D eigenvalue weighted by atomic mass is 19.3. The van der Waals surface area contributed by atoms with E-state index in [-0.39, 0.29) is 31.2 Å². The van der Waals surface area contributed by atoms with Crippen molar-refractivity contribution in [1.82, 2.24) is 0 Å². The van der Waals surface area contributed by atoms with Crippen molar-refractivity contribution in [3.63, 3.8) is 0 Å². The fraction of sp³-hybridized carbons (Fsp3) is 0.517. The largest absolute Gasteiger partial charge is 0.490 e. The maximum atomic E-state index is 12.9. The van der Waals surface area contributed by atoms with Crippen LogP contribution in [0.3, 0.4) is 0 Å². The topological polar surface area (TPSA) is 128 Å². The lowest BCUT2D eigenvalue weighted by Crippen LogP contribution is -2.15. The average molecular weight is 601 g/mol. The second-order valence-electron chi connectivity index (χ2n) is 8.36. The van der Waals surface area contributed by atoms with Gasteiger partial charge in [0.05, 0.1) is 97.0 Å². The molecule has 2 rings (SSSR count). The van der Waals surface area contributed by atoms with Crippen LogP contribution in [0.1, 0.15) is 26.3 Å². The third kappa shape index (κ3) is 15.8. The maximum absolute atomic E-state index is 12.9. The standard InChI is InChI=1S/C29H38F2O11/c30-29(31)42-22-20-40-18-16-38-14-12-36-10-9-35-11-13-37-15-17-39-19-21-41-26-4-2-1-3-25(26)27(32)23-5-7-24(8-6-23)28(33)34/h1-8,29H,9-22H2,(H,33,34). The molecule has 0 saturated heterocycles. The fourth-order valence-electron chi connectivity index (χ4n) is 3.31. The highest BCUT2D eigenvalue weighted by Gasteiger charge is 2.15. The third-order valence-electron chi connectivity index (χ3n) is 5.34. The quantitative estimate of drug-likeness (QED) is 0.126. The molecule has 11 nitrogen and oxygen atoms in total. The van der Waals surface area contributed by atoms with Crippen molar-refractivity contribution in [2.45, 2.75) is 6.61 Å². The van der Waals surface area contributed by atoms with E-state index in [0.29, 0.717) is 89.6 Å². The van der Waals surface area contributed by atoms with E-state index in [4.69, 9.17) is 38.3 Å². The Balaban J connectivity index is 1.40. The van der Waals surface area contributed by atoms with Crippen molar-refractivity contribution in [2.24, 2.45) is 0 Å². The number of aromatic carboxylic acids is 1. The molecule has 0 saturated carbocycles. The minimum atomic E-state index is -2.78. The summed E-state index contributed by atoms with van der Waals surface area (Å²) >= 11 is 0. The van der Waals surface area contributed by atoms with Crippen molar-refractivity contribution in [3.05, 3.63) is 65.2 Å². The van der Waals surface area contributed by atoms with Crippen LogP contribution in [0.2, 0.25) is 0 Å². The number of benzene rings is 2. The highest BCUT2D eigenvalue weighted by Crippen LogP contribution is 2.22. The predicted octanol–water partition coefficient (Wildman–Crippen LogP) is 3.33. The first-order valence-electron chi connectivity index (χ1n) is 13.4. The van der Waals surface area contributed by atoms with Gasteiger partial charge in [-0.3, -0.25) is 4.79 Å². The minimum Gasteiger partial charge on any atom is -0.490 e. The van der Waals surface area contributed by atoms with Crippen LogP contribution in [-0.4, -0.2) is 116 Å². The first-order valence-corrected chi connectivity index (χ1v) is 13.4. The SMILES string of the molecule is O=C(O)c1ccc(C(=O)c2ccccc2OCCOCCOCCOCCOCCOCCOCCOC(F)F)cc1. The van der Waals surface area contributed by atoms with Crippen molar-refractivity contribution in [1.29, 1.82) is 0 Å². The molecular formula is C29H38F2O11. The fourth-order valence-corrected chi connectivity index (χ4v) is 3.31. The van der Waals surface area contributed by atoms with E-state index in [1.54, 1.807) is 24.3 Å². The zero-order valence-corrected chi connectivity index (χ0v) is 23.4. The Morgan fingerprint density at radius 3 is 1.43 bits per heavy atom. The molecule has 42 heavy (non-hydrogen) atoms. The van der Waals surface area contributed by atoms with Gasteiger partial charge in [-0.15, -0.1) is 0 Å². The number of ketones is 1. The Morgan fingerprint density at radius 2 is 0.976 bits per heavy atom. The summed E-state index contributed by atoms with van der Waals surface area (Å²) in [7, 11) is 0. The Bertz CT molecular complexity index is 1010. The lowest BCUT2D eigenvalue weighted by atomic mass is 10.0. The summed E-state index contributed by atoms with van der Waals surface area (Å²) in [6.07, 6.45) is 0. The van der Waals surface area contributed by atoms with Gasteiger partial charge in [-0.1, -0.05) is 24.3 Å². The Morgan fingerprint density at radius 1 is 0.571 bits per heavy atom. The molecule has 13 heteroatoms. The molecule has 0 aliphatic rings. The Hall–Kier alpha value is -3.04. The van der Waals surface area contributed by atoms with Crippen LogP contribution in [0.25, 0.3) is 0 Å². The van der Waals surface area contributed by atoms with Crippen molar-refractivity contribution < 1.29 is 61.4 Å². The molecule has 1 N–H and O–H groups in total. The van der Waals surface area contributed by atoms with Gasteiger partial charge in [-0.2, -0.15) is 8.78 Å². The zero-order chi connectivity index (χ0) is 30.3. The van der Waals surface area contributed by atoms with Crippen LogP contribution in [0.4, 0.5) is 8.78 Å². The summed E-state index contributed by atoms with van der Waals surface area (Å²) in [4.78, 5) is 23.9. The van der Waals surface area contributed by atoms with Crippen LogP contribution in [0.5, 0.6) is 5.75 Å². The number of hydrogen-bond acceptors (Lipinski definition) is 10. The van der Waals surface area contributed by atoms with Crippen LogP contribution in [0, 0.1) is 0 Å². The summed E-state index contributed by atoms with van der Waals surface area (Å²) in [5.74, 6) is -0.904. The van der Waals surface area contributed by atoms with Crippen LogP contribution in [0.15, 0.2) is 48.5 Å². The average Bonchev–Trinajstić information content (AvgIpc) is 2.99. The van der Waals surface area contributed by atoms with Gasteiger partial charge in [0, 0.05) is 5.56 Å². The second kappa shape index (κ2) is 22.5. The van der Waals surface area contributed by atoms with Crippen LogP contribution >= 0.6 is 0 Å². The zero-order valence-electron chi connectivity index (χ0n) is 23.4. The maximum Gasteiger partial charge on any atom is 0.345 e. The van der Waals surface area contributed by atoms with Gasteiger partial charge in [0.2, 0.25) is 0 Å². The van der Waals surface area contributed by atoms with Gasteiger partial charge in [0.25, 0.3) is 0 Å². The third-order valence-corrected chi connectivity index (χ3v) is 5.34. The molecule has 0 bridgehead atoms. The lowest BCUT2D eigenvalue weighted by molar-refractivity contribution is -0.140. The second-order valence-corrected chi connectivity index (χ2v) is 8.36. The van der Waals surface area contributed by atoms with Crippen molar-refractivity contribution >= 4 is 11.8 Å². The number of hydrogen-bond donors (Lipinski definition) is 1. The molecule has 0 unspecified atom stereocenters. The lowest BCUT2D eigenvalue weighted by Gasteiger charge is -2.11. The first kappa shape index (κ1) is 35.2. The van der Waals surface area contributed by atoms with Crippen molar-refractivity contribution in [2.75, 3.05) is 92.5 Å². The van der Waals surface area contributed by atoms with E-state index in [1.165, 1.54) is 24.3 Å². The molecule has 0 atom stereocenters. The minimum absolute atomic E-state index is 0.0882. The van der Waals surface area contributed by atoms with E-state index >= 15 is 0 Å². The molecule has 0 heterocycles. The number of halogens is 2. The summed E-state index contributed by atoms with van der Waals surface area (Å²) in [6.45, 7) is 1.54. The number of ether oxygens (including phenoxy) is 8. The van der Waals surface area contributed by atoms with Gasteiger partial charge < -0.3 is 43.0 Å². The molecule has 0 amide bonds.